The van der Waals surface area contributed by atoms with Gasteiger partial charge in [-0.05, 0) is 37.3 Å². The van der Waals surface area contributed by atoms with E-state index in [0.29, 0.717) is 12.2 Å². The first-order valence-electron chi connectivity index (χ1n) is 5.91. The first-order chi connectivity index (χ1) is 8.78. The highest BCUT2D eigenvalue weighted by atomic mass is 16.5. The minimum absolute atomic E-state index is 0.644. The van der Waals surface area contributed by atoms with Gasteiger partial charge in [-0.1, -0.05) is 0 Å². The van der Waals surface area contributed by atoms with Crippen LogP contribution in [0, 0.1) is 18.3 Å². The lowest BCUT2D eigenvalue weighted by Crippen LogP contribution is -2.05. The van der Waals surface area contributed by atoms with Crippen LogP contribution in [0.2, 0.25) is 0 Å². The molecule has 0 atom stereocenters. The molecule has 0 aliphatic carbocycles. The normalized spacial score (nSPS) is 10.0. The molecule has 4 nitrogen and oxygen atoms in total. The zero-order valence-corrected chi connectivity index (χ0v) is 10.3. The van der Waals surface area contributed by atoms with E-state index >= 15 is 0 Å². The van der Waals surface area contributed by atoms with E-state index in [9.17, 15) is 0 Å². The van der Waals surface area contributed by atoms with Crippen LogP contribution in [0.15, 0.2) is 36.5 Å². The van der Waals surface area contributed by atoms with Crippen molar-refractivity contribution in [2.24, 2.45) is 0 Å². The van der Waals surface area contributed by atoms with Gasteiger partial charge in [-0.3, -0.25) is 4.68 Å². The van der Waals surface area contributed by atoms with Crippen molar-refractivity contribution >= 4 is 0 Å². The summed E-state index contributed by atoms with van der Waals surface area (Å²) in [6.45, 7) is 3.47. The van der Waals surface area contributed by atoms with Crippen LogP contribution in [0.4, 0.5) is 0 Å². The van der Waals surface area contributed by atoms with Gasteiger partial charge in [-0.2, -0.15) is 10.4 Å². The predicted octanol–water partition coefficient (Wildman–Crippen LogP) is 2.53. The van der Waals surface area contributed by atoms with Gasteiger partial charge in [0.25, 0.3) is 0 Å². The molecule has 0 spiro atoms. The Morgan fingerprint density at radius 1 is 1.28 bits per heavy atom. The fourth-order valence-electron chi connectivity index (χ4n) is 1.63. The summed E-state index contributed by atoms with van der Waals surface area (Å²) in [6.07, 6.45) is 2.87. The zero-order chi connectivity index (χ0) is 12.8. The fourth-order valence-corrected chi connectivity index (χ4v) is 1.63. The number of nitriles is 1. The maximum Gasteiger partial charge on any atom is 0.119 e. The zero-order valence-electron chi connectivity index (χ0n) is 10.3. The van der Waals surface area contributed by atoms with Gasteiger partial charge in [0.15, 0.2) is 0 Å². The topological polar surface area (TPSA) is 50.8 Å². The van der Waals surface area contributed by atoms with E-state index in [0.717, 1.165) is 24.4 Å². The lowest BCUT2D eigenvalue weighted by molar-refractivity contribution is 0.298. The summed E-state index contributed by atoms with van der Waals surface area (Å²) in [7, 11) is 0. The molecule has 4 heteroatoms. The van der Waals surface area contributed by atoms with Crippen molar-refractivity contribution in [3.8, 4) is 11.8 Å². The van der Waals surface area contributed by atoms with Crippen molar-refractivity contribution in [1.29, 1.82) is 5.26 Å². The summed E-state index contributed by atoms with van der Waals surface area (Å²) < 4.78 is 7.50. The van der Waals surface area contributed by atoms with Gasteiger partial charge in [-0.25, -0.2) is 0 Å². The van der Waals surface area contributed by atoms with Crippen LogP contribution in [-0.4, -0.2) is 16.4 Å². The van der Waals surface area contributed by atoms with E-state index in [-0.39, 0.29) is 0 Å². The molecule has 2 rings (SSSR count). The van der Waals surface area contributed by atoms with Crippen LogP contribution < -0.4 is 4.74 Å². The van der Waals surface area contributed by atoms with E-state index in [2.05, 4.69) is 11.2 Å². The van der Waals surface area contributed by atoms with Crippen molar-refractivity contribution in [3.05, 3.63) is 47.8 Å². The van der Waals surface area contributed by atoms with Crippen LogP contribution in [0.25, 0.3) is 0 Å². The number of nitrogens with zero attached hydrogens (tertiary/aromatic N) is 3. The molecule has 0 saturated heterocycles. The molecule has 2 aromatic rings. The van der Waals surface area contributed by atoms with E-state index in [1.54, 1.807) is 12.1 Å². The molecule has 0 bridgehead atoms. The van der Waals surface area contributed by atoms with Gasteiger partial charge >= 0.3 is 0 Å². The van der Waals surface area contributed by atoms with E-state index in [1.807, 2.05) is 36.0 Å². The summed E-state index contributed by atoms with van der Waals surface area (Å²) >= 11 is 0. The smallest absolute Gasteiger partial charge is 0.119 e. The average molecular weight is 241 g/mol. The van der Waals surface area contributed by atoms with Gasteiger partial charge in [0.2, 0.25) is 0 Å². The van der Waals surface area contributed by atoms with Crippen LogP contribution in [0.5, 0.6) is 5.75 Å². The average Bonchev–Trinajstić information content (AvgIpc) is 2.81. The monoisotopic (exact) mass is 241 g/mol. The van der Waals surface area contributed by atoms with Crippen LogP contribution in [0.3, 0.4) is 0 Å². The molecule has 1 aromatic carbocycles. The van der Waals surface area contributed by atoms with Gasteiger partial charge < -0.3 is 4.74 Å². The molecule has 92 valence electrons. The first kappa shape index (κ1) is 12.2. The minimum Gasteiger partial charge on any atom is -0.494 e. The summed E-state index contributed by atoms with van der Waals surface area (Å²) in [4.78, 5) is 0. The second-order valence-electron chi connectivity index (χ2n) is 4.06. The van der Waals surface area contributed by atoms with Crippen molar-refractivity contribution in [1.82, 2.24) is 9.78 Å². The van der Waals surface area contributed by atoms with Crippen LogP contribution >= 0.6 is 0 Å². The number of rotatable bonds is 5. The largest absolute Gasteiger partial charge is 0.494 e. The molecular weight excluding hydrogens is 226 g/mol. The SMILES string of the molecule is Cc1ccn(CCCOc2ccc(C#N)cc2)n1. The Labute approximate surface area is 106 Å². The van der Waals surface area contributed by atoms with E-state index < -0.39 is 0 Å². The maximum atomic E-state index is 8.67. The number of hydrogen-bond donors (Lipinski definition) is 0. The van der Waals surface area contributed by atoms with Gasteiger partial charge in [0, 0.05) is 19.2 Å². The minimum atomic E-state index is 0.644. The Bertz CT molecular complexity index is 537. The predicted molar refractivity (Wildman–Crippen MR) is 68.2 cm³/mol. The Morgan fingerprint density at radius 3 is 2.67 bits per heavy atom. The first-order valence-corrected chi connectivity index (χ1v) is 5.91. The molecule has 0 amide bonds. The molecular formula is C14H15N3O. The molecule has 1 heterocycles. The van der Waals surface area contributed by atoms with E-state index in [1.165, 1.54) is 0 Å². The molecule has 1 aromatic heterocycles. The number of ether oxygens (including phenoxy) is 1. The number of hydrogen-bond acceptors (Lipinski definition) is 3. The third-order valence-electron chi connectivity index (χ3n) is 2.56. The van der Waals surface area contributed by atoms with Gasteiger partial charge in [0.1, 0.15) is 5.75 Å². The van der Waals surface area contributed by atoms with Gasteiger partial charge in [0.05, 0.1) is 23.9 Å². The standard InChI is InChI=1S/C14H15N3O/c1-12-7-9-17(16-12)8-2-10-18-14-5-3-13(11-15)4-6-14/h3-7,9H,2,8,10H2,1H3. The third-order valence-corrected chi connectivity index (χ3v) is 2.56. The number of aryl methyl sites for hydroxylation is 2. The quantitative estimate of drug-likeness (QED) is 0.756. The number of benzene rings is 1. The summed E-state index contributed by atoms with van der Waals surface area (Å²) in [5.74, 6) is 0.797. The molecule has 0 aliphatic rings. The Balaban J connectivity index is 1.73. The van der Waals surface area contributed by atoms with Crippen LogP contribution in [-0.2, 0) is 6.54 Å². The second kappa shape index (κ2) is 5.87. The summed E-state index contributed by atoms with van der Waals surface area (Å²) in [5.41, 5.74) is 1.68. The van der Waals surface area contributed by atoms with Crippen molar-refractivity contribution < 1.29 is 4.74 Å². The highest BCUT2D eigenvalue weighted by molar-refractivity contribution is 5.34. The van der Waals surface area contributed by atoms with Crippen molar-refractivity contribution in [3.63, 3.8) is 0 Å². The fraction of sp³-hybridized carbons (Fsp3) is 0.286. The van der Waals surface area contributed by atoms with Crippen molar-refractivity contribution in [2.75, 3.05) is 6.61 Å². The Kier molecular flexibility index (Phi) is 3.98. The molecule has 0 radical (unpaired) electrons. The number of aromatic nitrogens is 2. The molecule has 0 N–H and O–H groups in total. The highest BCUT2D eigenvalue weighted by Gasteiger charge is 1.96. The Morgan fingerprint density at radius 2 is 2.06 bits per heavy atom. The third kappa shape index (κ3) is 3.36. The van der Waals surface area contributed by atoms with Gasteiger partial charge in [-0.15, -0.1) is 0 Å². The second-order valence-corrected chi connectivity index (χ2v) is 4.06. The van der Waals surface area contributed by atoms with E-state index in [4.69, 9.17) is 10.00 Å². The van der Waals surface area contributed by atoms with Crippen LogP contribution in [0.1, 0.15) is 17.7 Å². The summed E-state index contributed by atoms with van der Waals surface area (Å²) in [5, 5.41) is 13.0. The lowest BCUT2D eigenvalue weighted by Gasteiger charge is -2.06. The Hall–Kier alpha value is -2.28. The summed E-state index contributed by atoms with van der Waals surface area (Å²) in [6, 6.07) is 11.2. The molecule has 0 unspecified atom stereocenters. The van der Waals surface area contributed by atoms with Crippen molar-refractivity contribution in [2.45, 2.75) is 19.9 Å². The molecule has 0 saturated carbocycles. The molecule has 18 heavy (non-hydrogen) atoms. The maximum absolute atomic E-state index is 8.67. The molecule has 0 fully saturated rings. The molecule has 0 aliphatic heterocycles. The highest BCUT2D eigenvalue weighted by Crippen LogP contribution is 2.11. The lowest BCUT2D eigenvalue weighted by atomic mass is 10.2.